The molecule has 6 nitrogen and oxygen atoms in total. The summed E-state index contributed by atoms with van der Waals surface area (Å²) in [4.78, 5) is 27.5. The van der Waals surface area contributed by atoms with Crippen molar-refractivity contribution in [1.29, 1.82) is 0 Å². The Bertz CT molecular complexity index is 921. The predicted molar refractivity (Wildman–Crippen MR) is 111 cm³/mol. The summed E-state index contributed by atoms with van der Waals surface area (Å²) in [6.07, 6.45) is 0.436. The summed E-state index contributed by atoms with van der Waals surface area (Å²) in [5, 5.41) is 0. The lowest BCUT2D eigenvalue weighted by Gasteiger charge is -2.47. The Hall–Kier alpha value is -2.93. The van der Waals surface area contributed by atoms with Crippen molar-refractivity contribution in [2.45, 2.75) is 38.5 Å². The van der Waals surface area contributed by atoms with Gasteiger partial charge in [-0.05, 0) is 37.5 Å². The number of Topliss-reactive ketones (excluding diaryl/α,β-unsaturated/α-hetero) is 1. The van der Waals surface area contributed by atoms with Gasteiger partial charge in [-0.3, -0.25) is 9.69 Å². The van der Waals surface area contributed by atoms with E-state index >= 15 is 0 Å². The van der Waals surface area contributed by atoms with Crippen LogP contribution in [0.2, 0.25) is 0 Å². The molecule has 2 fully saturated rings. The smallest absolute Gasteiger partial charge is 0.410 e. The molecule has 0 radical (unpaired) electrons. The van der Waals surface area contributed by atoms with Gasteiger partial charge in [0.1, 0.15) is 18.2 Å². The molecule has 1 amide bonds. The number of nitrogens with zero attached hydrogens (tertiary/aromatic N) is 1. The van der Waals surface area contributed by atoms with Crippen LogP contribution in [0.25, 0.3) is 0 Å². The van der Waals surface area contributed by atoms with Gasteiger partial charge in [-0.1, -0.05) is 30.3 Å². The molecular formula is C24H26FNO5. The molecule has 2 aliphatic heterocycles. The topological polar surface area (TPSA) is 65.1 Å². The normalized spacial score (nSPS) is 22.6. The van der Waals surface area contributed by atoms with Crippen molar-refractivity contribution < 1.29 is 28.2 Å². The lowest BCUT2D eigenvalue weighted by Crippen LogP contribution is -2.60. The lowest BCUT2D eigenvalue weighted by atomic mass is 9.80. The van der Waals surface area contributed by atoms with E-state index in [1.165, 1.54) is 12.1 Å². The second kappa shape index (κ2) is 9.47. The van der Waals surface area contributed by atoms with Crippen LogP contribution in [0, 0.1) is 11.7 Å². The highest BCUT2D eigenvalue weighted by molar-refractivity contribution is 5.98. The van der Waals surface area contributed by atoms with Crippen LogP contribution < -0.4 is 4.74 Å². The Labute approximate surface area is 180 Å². The molecular weight excluding hydrogens is 401 g/mol. The van der Waals surface area contributed by atoms with Crippen LogP contribution in [-0.2, 0) is 16.1 Å². The summed E-state index contributed by atoms with van der Waals surface area (Å²) in [6, 6.07) is 13.3. The van der Waals surface area contributed by atoms with Crippen molar-refractivity contribution in [2.75, 3.05) is 19.8 Å². The summed E-state index contributed by atoms with van der Waals surface area (Å²) in [6.45, 7) is 3.11. The van der Waals surface area contributed by atoms with Crippen LogP contribution >= 0.6 is 0 Å². The highest BCUT2D eigenvalue weighted by atomic mass is 19.1. The third-order valence-corrected chi connectivity index (χ3v) is 5.82. The quantitative estimate of drug-likeness (QED) is 0.646. The summed E-state index contributed by atoms with van der Waals surface area (Å²) in [5.41, 5.74) is 0.973. The molecule has 4 rings (SSSR count). The molecule has 2 aromatic carbocycles. The van der Waals surface area contributed by atoms with Crippen molar-refractivity contribution in [1.82, 2.24) is 4.90 Å². The molecule has 0 aliphatic carbocycles. The van der Waals surface area contributed by atoms with E-state index in [0.29, 0.717) is 38.4 Å². The van der Waals surface area contributed by atoms with E-state index < -0.39 is 11.9 Å². The Kier molecular flexibility index (Phi) is 6.51. The monoisotopic (exact) mass is 427 g/mol. The Morgan fingerprint density at radius 3 is 2.45 bits per heavy atom. The largest absolute Gasteiger partial charge is 0.494 e. The number of fused-ring (bicyclic) bond motifs is 2. The molecule has 2 heterocycles. The van der Waals surface area contributed by atoms with Gasteiger partial charge < -0.3 is 14.2 Å². The zero-order chi connectivity index (χ0) is 21.8. The van der Waals surface area contributed by atoms with E-state index in [1.54, 1.807) is 11.0 Å². The van der Waals surface area contributed by atoms with Gasteiger partial charge in [0, 0.05) is 12.0 Å². The molecule has 31 heavy (non-hydrogen) atoms. The van der Waals surface area contributed by atoms with Gasteiger partial charge in [0.15, 0.2) is 5.78 Å². The van der Waals surface area contributed by atoms with E-state index in [0.717, 1.165) is 5.56 Å². The minimum Gasteiger partial charge on any atom is -0.494 e. The van der Waals surface area contributed by atoms with Crippen molar-refractivity contribution in [2.24, 2.45) is 5.92 Å². The van der Waals surface area contributed by atoms with Gasteiger partial charge in [0.05, 0.1) is 37.5 Å². The number of carbonyl (C=O) groups is 2. The molecule has 2 bridgehead atoms. The zero-order valence-corrected chi connectivity index (χ0v) is 17.5. The first kappa shape index (κ1) is 21.3. The maximum Gasteiger partial charge on any atom is 0.410 e. The number of hydrogen-bond acceptors (Lipinski definition) is 5. The first-order valence-electron chi connectivity index (χ1n) is 10.6. The van der Waals surface area contributed by atoms with Gasteiger partial charge in [0.25, 0.3) is 0 Å². The standard InChI is InChI=1S/C24H26FNO5/c1-2-30-20-8-9-21(22(25)12-20)23(27)17-10-18-14-29-15-19(11-17)26(18)24(28)31-13-16-6-4-3-5-7-16/h3-9,12,17-19H,2,10-11,13-15H2,1H3. The summed E-state index contributed by atoms with van der Waals surface area (Å²) < 4.78 is 31.0. The number of hydrogen-bond donors (Lipinski definition) is 0. The number of ketones is 1. The first-order valence-corrected chi connectivity index (χ1v) is 10.6. The molecule has 0 spiro atoms. The maximum atomic E-state index is 14.5. The zero-order valence-electron chi connectivity index (χ0n) is 17.5. The summed E-state index contributed by atoms with van der Waals surface area (Å²) in [5.74, 6) is -0.792. The fourth-order valence-electron chi connectivity index (χ4n) is 4.39. The fraction of sp³-hybridized carbons (Fsp3) is 0.417. The fourth-order valence-corrected chi connectivity index (χ4v) is 4.39. The van der Waals surface area contributed by atoms with E-state index in [4.69, 9.17) is 14.2 Å². The number of benzene rings is 2. The number of carbonyl (C=O) groups excluding carboxylic acids is 2. The van der Waals surface area contributed by atoms with Crippen LogP contribution in [0.3, 0.4) is 0 Å². The summed E-state index contributed by atoms with van der Waals surface area (Å²) in [7, 11) is 0. The highest BCUT2D eigenvalue weighted by Crippen LogP contribution is 2.35. The average molecular weight is 427 g/mol. The highest BCUT2D eigenvalue weighted by Gasteiger charge is 2.44. The molecule has 2 aromatic rings. The van der Waals surface area contributed by atoms with Gasteiger partial charge in [-0.25, -0.2) is 9.18 Å². The van der Waals surface area contributed by atoms with E-state index in [2.05, 4.69) is 0 Å². The number of halogens is 1. The van der Waals surface area contributed by atoms with Gasteiger partial charge in [0.2, 0.25) is 0 Å². The predicted octanol–water partition coefficient (Wildman–Crippen LogP) is 4.22. The molecule has 0 N–H and O–H groups in total. The minimum absolute atomic E-state index is 0.0625. The molecule has 0 aromatic heterocycles. The molecule has 2 unspecified atom stereocenters. The van der Waals surface area contributed by atoms with Crippen molar-refractivity contribution >= 4 is 11.9 Å². The van der Waals surface area contributed by atoms with Gasteiger partial charge in [-0.2, -0.15) is 0 Å². The van der Waals surface area contributed by atoms with Crippen LogP contribution in [0.5, 0.6) is 5.75 Å². The second-order valence-corrected chi connectivity index (χ2v) is 7.90. The number of morpholine rings is 1. The number of amides is 1. The Morgan fingerprint density at radius 2 is 1.81 bits per heavy atom. The molecule has 7 heteroatoms. The average Bonchev–Trinajstić information content (AvgIpc) is 2.77. The maximum absolute atomic E-state index is 14.5. The molecule has 2 atom stereocenters. The third-order valence-electron chi connectivity index (χ3n) is 5.82. The third kappa shape index (κ3) is 4.71. The number of piperidine rings is 1. The van der Waals surface area contributed by atoms with Gasteiger partial charge >= 0.3 is 6.09 Å². The number of ether oxygens (including phenoxy) is 3. The molecule has 2 aliphatic rings. The van der Waals surface area contributed by atoms with Crippen molar-refractivity contribution in [3.05, 3.63) is 65.5 Å². The van der Waals surface area contributed by atoms with E-state index in [1.807, 2.05) is 37.3 Å². The Balaban J connectivity index is 1.43. The minimum atomic E-state index is -0.581. The molecule has 0 saturated carbocycles. The Morgan fingerprint density at radius 1 is 1.10 bits per heavy atom. The van der Waals surface area contributed by atoms with Gasteiger partial charge in [-0.15, -0.1) is 0 Å². The molecule has 164 valence electrons. The van der Waals surface area contributed by atoms with Crippen LogP contribution in [-0.4, -0.2) is 48.7 Å². The molecule has 2 saturated heterocycles. The number of rotatable bonds is 6. The summed E-state index contributed by atoms with van der Waals surface area (Å²) >= 11 is 0. The van der Waals surface area contributed by atoms with Crippen LogP contribution in [0.15, 0.2) is 48.5 Å². The first-order chi connectivity index (χ1) is 15.1. The van der Waals surface area contributed by atoms with Crippen LogP contribution in [0.4, 0.5) is 9.18 Å². The lowest BCUT2D eigenvalue weighted by molar-refractivity contribution is -0.0755. The van der Waals surface area contributed by atoms with Crippen molar-refractivity contribution in [3.63, 3.8) is 0 Å². The SMILES string of the molecule is CCOc1ccc(C(=O)C2CC3COCC(C2)N3C(=O)OCc2ccccc2)c(F)c1. The second-order valence-electron chi connectivity index (χ2n) is 7.90. The van der Waals surface area contributed by atoms with E-state index in [-0.39, 0.29) is 36.0 Å². The van der Waals surface area contributed by atoms with E-state index in [9.17, 15) is 14.0 Å². The van der Waals surface area contributed by atoms with Crippen molar-refractivity contribution in [3.8, 4) is 5.75 Å². The van der Waals surface area contributed by atoms with Crippen LogP contribution in [0.1, 0.15) is 35.7 Å².